The van der Waals surface area contributed by atoms with Crippen molar-refractivity contribution < 1.29 is 19.1 Å². The number of rotatable bonds is 10. The monoisotopic (exact) mass is 428 g/mol. The standard InChI is InChI=1S/C25H32O4S/c1-7-24(27)28-18(4)19(5)29-25-16(2)14-20(15-17(25)3)8-13-23(26)21-9-11-22(30-6)12-10-21/h9-12,14-15,18-19H,7-8,13H2,1-6H3. The minimum Gasteiger partial charge on any atom is -0.486 e. The molecule has 0 radical (unpaired) electrons. The molecule has 4 nitrogen and oxygen atoms in total. The van der Waals surface area contributed by atoms with Gasteiger partial charge in [-0.05, 0) is 69.2 Å². The summed E-state index contributed by atoms with van der Waals surface area (Å²) in [5.41, 5.74) is 3.90. The molecule has 0 N–H and O–H groups in total. The second-order valence-electron chi connectivity index (χ2n) is 7.58. The number of hydrogen-bond donors (Lipinski definition) is 0. The molecule has 0 saturated carbocycles. The summed E-state index contributed by atoms with van der Waals surface area (Å²) in [4.78, 5) is 25.2. The number of thioether (sulfide) groups is 1. The number of carbonyl (C=O) groups excluding carboxylic acids is 2. The first-order valence-corrected chi connectivity index (χ1v) is 11.6. The normalized spacial score (nSPS) is 12.9. The van der Waals surface area contributed by atoms with Gasteiger partial charge >= 0.3 is 5.97 Å². The highest BCUT2D eigenvalue weighted by Crippen LogP contribution is 2.27. The van der Waals surface area contributed by atoms with Crippen LogP contribution in [0.15, 0.2) is 41.3 Å². The molecule has 0 heterocycles. The zero-order chi connectivity index (χ0) is 22.3. The quantitative estimate of drug-likeness (QED) is 0.266. The molecule has 0 spiro atoms. The molecule has 0 aliphatic rings. The Bertz CT molecular complexity index is 850. The van der Waals surface area contributed by atoms with E-state index < -0.39 is 0 Å². The second-order valence-corrected chi connectivity index (χ2v) is 8.46. The zero-order valence-electron chi connectivity index (χ0n) is 18.8. The van der Waals surface area contributed by atoms with Crippen LogP contribution in [0.4, 0.5) is 0 Å². The first kappa shape index (κ1) is 24.0. The minimum absolute atomic E-state index is 0.151. The molecule has 2 aromatic carbocycles. The molecule has 0 fully saturated rings. The van der Waals surface area contributed by atoms with Crippen molar-refractivity contribution in [1.29, 1.82) is 0 Å². The van der Waals surface area contributed by atoms with Crippen molar-refractivity contribution in [3.8, 4) is 5.75 Å². The third-order valence-corrected chi connectivity index (χ3v) is 5.89. The summed E-state index contributed by atoms with van der Waals surface area (Å²) in [7, 11) is 0. The van der Waals surface area contributed by atoms with Gasteiger partial charge in [0.25, 0.3) is 0 Å². The van der Waals surface area contributed by atoms with Crippen LogP contribution in [0.25, 0.3) is 0 Å². The van der Waals surface area contributed by atoms with Crippen LogP contribution in [0.3, 0.4) is 0 Å². The lowest BCUT2D eigenvalue weighted by molar-refractivity contribution is -0.151. The maximum absolute atomic E-state index is 12.5. The number of hydrogen-bond acceptors (Lipinski definition) is 5. The highest BCUT2D eigenvalue weighted by Gasteiger charge is 2.20. The lowest BCUT2D eigenvalue weighted by atomic mass is 9.99. The van der Waals surface area contributed by atoms with E-state index in [1.165, 1.54) is 0 Å². The van der Waals surface area contributed by atoms with E-state index in [1.807, 2.05) is 58.2 Å². The highest BCUT2D eigenvalue weighted by molar-refractivity contribution is 7.98. The van der Waals surface area contributed by atoms with Crippen LogP contribution < -0.4 is 4.74 Å². The summed E-state index contributed by atoms with van der Waals surface area (Å²) in [6.45, 7) is 9.53. The van der Waals surface area contributed by atoms with E-state index >= 15 is 0 Å². The van der Waals surface area contributed by atoms with Gasteiger partial charge in [-0.25, -0.2) is 0 Å². The van der Waals surface area contributed by atoms with E-state index in [4.69, 9.17) is 9.47 Å². The van der Waals surface area contributed by atoms with Crippen LogP contribution in [0.5, 0.6) is 5.75 Å². The molecular weight excluding hydrogens is 396 g/mol. The zero-order valence-corrected chi connectivity index (χ0v) is 19.6. The highest BCUT2D eigenvalue weighted by atomic mass is 32.2. The van der Waals surface area contributed by atoms with Crippen molar-refractivity contribution in [3.05, 3.63) is 58.7 Å². The van der Waals surface area contributed by atoms with E-state index in [9.17, 15) is 9.59 Å². The van der Waals surface area contributed by atoms with E-state index in [0.717, 1.165) is 32.9 Å². The van der Waals surface area contributed by atoms with Gasteiger partial charge in [-0.3, -0.25) is 9.59 Å². The van der Waals surface area contributed by atoms with Gasteiger partial charge in [0.2, 0.25) is 0 Å². The average Bonchev–Trinajstić information content (AvgIpc) is 2.74. The molecule has 0 bridgehead atoms. The van der Waals surface area contributed by atoms with Crippen LogP contribution in [0.1, 0.15) is 60.7 Å². The minimum atomic E-state index is -0.328. The van der Waals surface area contributed by atoms with Crippen molar-refractivity contribution in [2.45, 2.75) is 71.0 Å². The summed E-state index contributed by atoms with van der Waals surface area (Å²) in [5, 5.41) is 0. The summed E-state index contributed by atoms with van der Waals surface area (Å²) in [5.74, 6) is 0.734. The maximum Gasteiger partial charge on any atom is 0.305 e. The van der Waals surface area contributed by atoms with E-state index in [0.29, 0.717) is 19.3 Å². The Morgan fingerprint density at radius 2 is 1.60 bits per heavy atom. The van der Waals surface area contributed by atoms with Gasteiger partial charge in [0.15, 0.2) is 5.78 Å². The number of ether oxygens (including phenoxy) is 2. The fourth-order valence-electron chi connectivity index (χ4n) is 3.22. The van der Waals surface area contributed by atoms with Crippen LogP contribution in [0.2, 0.25) is 0 Å². The van der Waals surface area contributed by atoms with Crippen LogP contribution in [-0.4, -0.2) is 30.2 Å². The number of Topliss-reactive ketones (excluding diaryl/α,β-unsaturated/α-hetero) is 1. The Morgan fingerprint density at radius 1 is 1.00 bits per heavy atom. The molecule has 0 aromatic heterocycles. The fraction of sp³-hybridized carbons (Fsp3) is 0.440. The van der Waals surface area contributed by atoms with Gasteiger partial charge in [-0.1, -0.05) is 31.2 Å². The molecule has 0 saturated heterocycles. The molecule has 5 heteroatoms. The number of ketones is 1. The van der Waals surface area contributed by atoms with Gasteiger partial charge in [-0.2, -0.15) is 0 Å². The Hall–Kier alpha value is -2.27. The summed E-state index contributed by atoms with van der Waals surface area (Å²) < 4.78 is 11.5. The molecule has 0 amide bonds. The smallest absolute Gasteiger partial charge is 0.305 e. The van der Waals surface area contributed by atoms with Gasteiger partial charge < -0.3 is 9.47 Å². The van der Waals surface area contributed by atoms with Crippen LogP contribution >= 0.6 is 11.8 Å². The number of esters is 1. The molecule has 30 heavy (non-hydrogen) atoms. The summed E-state index contributed by atoms with van der Waals surface area (Å²) in [6.07, 6.45) is 2.95. The van der Waals surface area contributed by atoms with Crippen molar-refractivity contribution in [2.75, 3.05) is 6.26 Å². The SMILES string of the molecule is CCC(=O)OC(C)C(C)Oc1c(C)cc(CCC(=O)c2ccc(SC)cc2)cc1C. The van der Waals surface area contributed by atoms with Crippen LogP contribution in [0, 0.1) is 13.8 Å². The Kier molecular flexibility index (Phi) is 8.97. The molecule has 2 rings (SSSR count). The topological polar surface area (TPSA) is 52.6 Å². The third kappa shape index (κ3) is 6.63. The molecule has 2 unspecified atom stereocenters. The third-order valence-electron chi connectivity index (χ3n) is 5.14. The molecule has 2 aromatic rings. The van der Waals surface area contributed by atoms with Crippen molar-refractivity contribution in [1.82, 2.24) is 0 Å². The van der Waals surface area contributed by atoms with Gasteiger partial charge in [0.05, 0.1) is 0 Å². The average molecular weight is 429 g/mol. The summed E-state index contributed by atoms with van der Waals surface area (Å²) >= 11 is 1.67. The number of carbonyl (C=O) groups is 2. The van der Waals surface area contributed by atoms with Crippen molar-refractivity contribution in [3.63, 3.8) is 0 Å². The molecule has 0 aliphatic heterocycles. The Morgan fingerprint density at radius 3 is 2.13 bits per heavy atom. The molecule has 2 atom stereocenters. The number of benzene rings is 2. The second kappa shape index (κ2) is 11.2. The Balaban J connectivity index is 2.01. The lowest BCUT2D eigenvalue weighted by Crippen LogP contribution is -2.31. The van der Waals surface area contributed by atoms with Crippen LogP contribution in [-0.2, 0) is 16.0 Å². The van der Waals surface area contributed by atoms with Gasteiger partial charge in [0, 0.05) is 23.3 Å². The van der Waals surface area contributed by atoms with Gasteiger partial charge in [-0.15, -0.1) is 11.8 Å². The van der Waals surface area contributed by atoms with E-state index in [1.54, 1.807) is 18.7 Å². The van der Waals surface area contributed by atoms with Crippen molar-refractivity contribution >= 4 is 23.5 Å². The fourth-order valence-corrected chi connectivity index (χ4v) is 3.63. The predicted molar refractivity (Wildman–Crippen MR) is 123 cm³/mol. The first-order chi connectivity index (χ1) is 14.2. The molecule has 162 valence electrons. The Labute approximate surface area is 184 Å². The first-order valence-electron chi connectivity index (χ1n) is 10.4. The lowest BCUT2D eigenvalue weighted by Gasteiger charge is -2.24. The van der Waals surface area contributed by atoms with Crippen molar-refractivity contribution in [2.24, 2.45) is 0 Å². The largest absolute Gasteiger partial charge is 0.486 e. The predicted octanol–water partition coefficient (Wildman–Crippen LogP) is 5.95. The van der Waals surface area contributed by atoms with Gasteiger partial charge in [0.1, 0.15) is 18.0 Å². The molecule has 0 aliphatic carbocycles. The molecular formula is C25H32O4S. The maximum atomic E-state index is 12.5. The number of aryl methyl sites for hydroxylation is 3. The van der Waals surface area contributed by atoms with E-state index in [-0.39, 0.29) is 24.0 Å². The summed E-state index contributed by atoms with van der Waals surface area (Å²) in [6, 6.07) is 11.9. The van der Waals surface area contributed by atoms with E-state index in [2.05, 4.69) is 12.1 Å².